The predicted octanol–water partition coefficient (Wildman–Crippen LogP) is 4.86. The van der Waals surface area contributed by atoms with Crippen molar-refractivity contribution in [3.63, 3.8) is 0 Å². The molecule has 1 aliphatic rings. The number of amides is 1. The van der Waals surface area contributed by atoms with Crippen molar-refractivity contribution < 1.29 is 18.0 Å². The second-order valence-electron chi connectivity index (χ2n) is 7.43. The highest BCUT2D eigenvalue weighted by Crippen LogP contribution is 2.30. The Kier molecular flexibility index (Phi) is 7.40. The molecule has 1 fully saturated rings. The lowest BCUT2D eigenvalue weighted by molar-refractivity contribution is -0.137. The maximum Gasteiger partial charge on any atom is 0.416 e. The number of anilines is 3. The lowest BCUT2D eigenvalue weighted by Crippen LogP contribution is -2.29. The van der Waals surface area contributed by atoms with Gasteiger partial charge in [0.25, 0.3) is 5.91 Å². The summed E-state index contributed by atoms with van der Waals surface area (Å²) in [5.41, 5.74) is 7.31. The summed E-state index contributed by atoms with van der Waals surface area (Å²) in [5, 5.41) is 5.69. The molecule has 6 nitrogen and oxygen atoms in total. The Morgan fingerprint density at radius 3 is 2.56 bits per heavy atom. The quantitative estimate of drug-likeness (QED) is 0.437. The molecule has 0 unspecified atom stereocenters. The van der Waals surface area contributed by atoms with E-state index in [0.29, 0.717) is 11.3 Å². The molecule has 0 spiro atoms. The smallest absolute Gasteiger partial charge is 0.387 e. The fourth-order valence-electron chi connectivity index (χ4n) is 3.50. The summed E-state index contributed by atoms with van der Waals surface area (Å²) in [7, 11) is 1.72. The molecule has 0 atom stereocenters. The van der Waals surface area contributed by atoms with Gasteiger partial charge in [-0.25, -0.2) is 0 Å². The average Bonchev–Trinajstić information content (AvgIpc) is 2.79. The van der Waals surface area contributed by atoms with Crippen LogP contribution in [0.1, 0.15) is 35.2 Å². The molecule has 1 amide bonds. The molecule has 0 bridgehead atoms. The van der Waals surface area contributed by atoms with Crippen LogP contribution in [0.5, 0.6) is 0 Å². The number of rotatable bonds is 6. The predicted molar refractivity (Wildman–Crippen MR) is 122 cm³/mol. The Morgan fingerprint density at radius 1 is 1.12 bits per heavy atom. The molecule has 4 N–H and O–H groups in total. The van der Waals surface area contributed by atoms with E-state index in [4.69, 9.17) is 5.73 Å². The lowest BCUT2D eigenvalue weighted by Gasteiger charge is -2.29. The van der Waals surface area contributed by atoms with Gasteiger partial charge in [0.2, 0.25) is 0 Å². The Labute approximate surface area is 185 Å². The SMILES string of the molecule is CNc1ccc(N2CCCCC2)cc1C(=O)N=C(N)/C=C\Nc1cccc(C(F)(F)F)c1. The summed E-state index contributed by atoms with van der Waals surface area (Å²) in [5.74, 6) is -0.575. The van der Waals surface area contributed by atoms with Crippen LogP contribution in [0.25, 0.3) is 0 Å². The van der Waals surface area contributed by atoms with Crippen molar-refractivity contribution in [1.82, 2.24) is 0 Å². The number of nitrogens with zero attached hydrogens (tertiary/aromatic N) is 2. The molecule has 1 aliphatic heterocycles. The standard InChI is InChI=1S/C23H26F3N5O/c1-28-20-9-8-18(31-12-3-2-4-13-31)15-19(20)22(32)30-21(27)10-11-29-17-7-5-6-16(14-17)23(24,25)26/h5-11,14-15,28-29H,2-4,12-13H2,1H3,(H2,27,30,32)/b11-10-. The van der Waals surface area contributed by atoms with E-state index in [-0.39, 0.29) is 11.5 Å². The van der Waals surface area contributed by atoms with Gasteiger partial charge in [-0.15, -0.1) is 0 Å². The van der Waals surface area contributed by atoms with Crippen LogP contribution < -0.4 is 21.3 Å². The average molecular weight is 445 g/mol. The number of halogens is 3. The van der Waals surface area contributed by atoms with Crippen molar-refractivity contribution in [3.05, 3.63) is 65.9 Å². The molecule has 32 heavy (non-hydrogen) atoms. The van der Waals surface area contributed by atoms with Crippen LogP contribution in [0.2, 0.25) is 0 Å². The summed E-state index contributed by atoms with van der Waals surface area (Å²) in [6, 6.07) is 10.4. The molecule has 1 heterocycles. The molecule has 3 rings (SSSR count). The lowest BCUT2D eigenvalue weighted by atomic mass is 10.1. The van der Waals surface area contributed by atoms with Gasteiger partial charge in [0, 0.05) is 43.4 Å². The van der Waals surface area contributed by atoms with Gasteiger partial charge in [0.05, 0.1) is 11.1 Å². The van der Waals surface area contributed by atoms with E-state index in [9.17, 15) is 18.0 Å². The van der Waals surface area contributed by atoms with E-state index in [0.717, 1.165) is 43.8 Å². The van der Waals surface area contributed by atoms with Crippen LogP contribution in [-0.2, 0) is 6.18 Å². The summed E-state index contributed by atoms with van der Waals surface area (Å²) < 4.78 is 38.4. The van der Waals surface area contributed by atoms with Crippen molar-refractivity contribution >= 4 is 28.8 Å². The number of hydrogen-bond donors (Lipinski definition) is 3. The highest BCUT2D eigenvalue weighted by molar-refractivity contribution is 6.09. The van der Waals surface area contributed by atoms with Gasteiger partial charge in [-0.3, -0.25) is 4.79 Å². The van der Waals surface area contributed by atoms with Crippen molar-refractivity contribution in [1.29, 1.82) is 0 Å². The first-order valence-corrected chi connectivity index (χ1v) is 10.3. The number of carbonyl (C=O) groups is 1. The first-order chi connectivity index (χ1) is 15.3. The van der Waals surface area contributed by atoms with Crippen molar-refractivity contribution in [2.45, 2.75) is 25.4 Å². The van der Waals surface area contributed by atoms with Crippen molar-refractivity contribution in [3.8, 4) is 0 Å². The largest absolute Gasteiger partial charge is 0.416 e. The van der Waals surface area contributed by atoms with Crippen molar-refractivity contribution in [2.75, 3.05) is 35.7 Å². The zero-order chi connectivity index (χ0) is 23.1. The number of carbonyl (C=O) groups excluding carboxylic acids is 1. The van der Waals surface area contributed by atoms with E-state index >= 15 is 0 Å². The number of nitrogens with two attached hydrogens (primary N) is 1. The zero-order valence-corrected chi connectivity index (χ0v) is 17.7. The third-order valence-corrected chi connectivity index (χ3v) is 5.15. The minimum absolute atomic E-state index is 0.0695. The van der Waals surface area contributed by atoms with E-state index < -0.39 is 17.6 Å². The Balaban J connectivity index is 1.71. The van der Waals surface area contributed by atoms with Crippen LogP contribution in [0, 0.1) is 0 Å². The summed E-state index contributed by atoms with van der Waals surface area (Å²) >= 11 is 0. The molecule has 0 aliphatic carbocycles. The molecular weight excluding hydrogens is 419 g/mol. The van der Waals surface area contributed by atoms with E-state index in [1.165, 1.54) is 30.8 Å². The van der Waals surface area contributed by atoms with Gasteiger partial charge >= 0.3 is 6.18 Å². The first kappa shape index (κ1) is 23.2. The minimum atomic E-state index is -4.43. The number of piperidine rings is 1. The third kappa shape index (κ3) is 6.03. The van der Waals surface area contributed by atoms with E-state index in [2.05, 4.69) is 20.5 Å². The maximum absolute atomic E-state index is 12.8. The van der Waals surface area contributed by atoms with Crippen molar-refractivity contribution in [2.24, 2.45) is 10.7 Å². The normalized spacial score (nSPS) is 15.1. The molecule has 170 valence electrons. The fourth-order valence-corrected chi connectivity index (χ4v) is 3.50. The topological polar surface area (TPSA) is 82.8 Å². The molecule has 2 aromatic rings. The fraction of sp³-hybridized carbons (Fsp3) is 0.304. The Hall–Kier alpha value is -3.49. The number of amidine groups is 1. The second-order valence-corrected chi connectivity index (χ2v) is 7.43. The van der Waals surface area contributed by atoms with Gasteiger partial charge in [0.15, 0.2) is 0 Å². The Bertz CT molecular complexity index is 1010. The van der Waals surface area contributed by atoms with Gasteiger partial charge in [-0.2, -0.15) is 18.2 Å². The molecule has 0 radical (unpaired) electrons. The number of nitrogens with one attached hydrogen (secondary N) is 2. The van der Waals surface area contributed by atoms with Crippen LogP contribution in [0.4, 0.5) is 30.2 Å². The molecular formula is C23H26F3N5O. The van der Waals surface area contributed by atoms with Crippen LogP contribution in [-0.4, -0.2) is 31.9 Å². The highest BCUT2D eigenvalue weighted by atomic mass is 19.4. The minimum Gasteiger partial charge on any atom is -0.387 e. The van der Waals surface area contributed by atoms with Crippen LogP contribution in [0.3, 0.4) is 0 Å². The Morgan fingerprint density at radius 2 is 1.88 bits per heavy atom. The summed E-state index contributed by atoms with van der Waals surface area (Å²) in [6.07, 6.45) is 1.68. The first-order valence-electron chi connectivity index (χ1n) is 10.3. The van der Waals surface area contributed by atoms with Crippen LogP contribution in [0.15, 0.2) is 59.7 Å². The zero-order valence-electron chi connectivity index (χ0n) is 17.7. The number of alkyl halides is 3. The molecule has 0 saturated carbocycles. The van der Waals surface area contributed by atoms with Crippen LogP contribution >= 0.6 is 0 Å². The number of aliphatic imine (C=N–C) groups is 1. The molecule has 9 heteroatoms. The van der Waals surface area contributed by atoms with Gasteiger partial charge < -0.3 is 21.3 Å². The van der Waals surface area contributed by atoms with Gasteiger partial charge in [-0.1, -0.05) is 6.07 Å². The monoisotopic (exact) mass is 445 g/mol. The van der Waals surface area contributed by atoms with Gasteiger partial charge in [-0.05, 0) is 61.7 Å². The molecule has 1 saturated heterocycles. The highest BCUT2D eigenvalue weighted by Gasteiger charge is 2.30. The summed E-state index contributed by atoms with van der Waals surface area (Å²) in [6.45, 7) is 1.89. The van der Waals surface area contributed by atoms with Gasteiger partial charge in [0.1, 0.15) is 5.84 Å². The molecule has 0 aromatic heterocycles. The number of hydrogen-bond acceptors (Lipinski definition) is 4. The van der Waals surface area contributed by atoms with E-state index in [1.807, 2.05) is 12.1 Å². The summed E-state index contributed by atoms with van der Waals surface area (Å²) in [4.78, 5) is 18.9. The van der Waals surface area contributed by atoms with E-state index in [1.54, 1.807) is 13.1 Å². The number of benzene rings is 2. The maximum atomic E-state index is 12.8. The molecule has 2 aromatic carbocycles. The second kappa shape index (κ2) is 10.2. The third-order valence-electron chi connectivity index (χ3n) is 5.15.